The molecule has 1 aliphatic rings. The van der Waals surface area contributed by atoms with Crippen LogP contribution in [0.25, 0.3) is 0 Å². The second-order valence-electron chi connectivity index (χ2n) is 7.93. The first-order valence-corrected chi connectivity index (χ1v) is 11.2. The quantitative estimate of drug-likeness (QED) is 0.499. The van der Waals surface area contributed by atoms with Gasteiger partial charge in [-0.2, -0.15) is 0 Å². The Labute approximate surface area is 198 Å². The highest BCUT2D eigenvalue weighted by molar-refractivity contribution is 6.04. The van der Waals surface area contributed by atoms with E-state index in [-0.39, 0.29) is 23.6 Å². The number of amides is 2. The predicted molar refractivity (Wildman–Crippen MR) is 128 cm³/mol. The molecule has 0 atom stereocenters. The minimum atomic E-state index is -0.303. The summed E-state index contributed by atoms with van der Waals surface area (Å²) in [6, 6.07) is 15.4. The van der Waals surface area contributed by atoms with E-state index in [2.05, 4.69) is 15.6 Å². The van der Waals surface area contributed by atoms with Crippen LogP contribution in [0.2, 0.25) is 0 Å². The Morgan fingerprint density at radius 2 is 1.74 bits per heavy atom. The van der Waals surface area contributed by atoms with Crippen molar-refractivity contribution < 1.29 is 23.8 Å². The van der Waals surface area contributed by atoms with Crippen LogP contribution in [0, 0.1) is 0 Å². The van der Waals surface area contributed by atoms with E-state index in [4.69, 9.17) is 14.2 Å². The van der Waals surface area contributed by atoms with E-state index in [1.54, 1.807) is 61.7 Å². The lowest BCUT2D eigenvalue weighted by molar-refractivity contribution is 0.0957. The normalized spacial score (nSPS) is 13.2. The molecule has 34 heavy (non-hydrogen) atoms. The van der Waals surface area contributed by atoms with Crippen LogP contribution in [0.3, 0.4) is 0 Å². The molecule has 1 fully saturated rings. The van der Waals surface area contributed by atoms with Crippen molar-refractivity contribution >= 4 is 17.5 Å². The number of anilines is 1. The number of methoxy groups -OCH3 is 1. The van der Waals surface area contributed by atoms with Gasteiger partial charge in [0.15, 0.2) is 11.5 Å². The van der Waals surface area contributed by atoms with E-state index in [9.17, 15) is 9.59 Å². The Bertz CT molecular complexity index is 1170. The number of benzene rings is 2. The molecule has 1 heterocycles. The van der Waals surface area contributed by atoms with Crippen LogP contribution in [0.4, 0.5) is 5.69 Å². The summed E-state index contributed by atoms with van der Waals surface area (Å²) < 4.78 is 17.4. The van der Waals surface area contributed by atoms with Crippen molar-refractivity contribution in [3.8, 4) is 23.0 Å². The average Bonchev–Trinajstić information content (AvgIpc) is 3.37. The molecule has 1 aliphatic carbocycles. The van der Waals surface area contributed by atoms with Crippen LogP contribution < -0.4 is 24.8 Å². The number of pyridine rings is 1. The fourth-order valence-corrected chi connectivity index (χ4v) is 3.80. The zero-order valence-electron chi connectivity index (χ0n) is 19.2. The number of rotatable bonds is 8. The van der Waals surface area contributed by atoms with Gasteiger partial charge in [-0.15, -0.1) is 0 Å². The molecule has 0 aliphatic heterocycles. The number of carbonyl (C=O) groups excluding carboxylic acids is 2. The number of ether oxygens (including phenoxy) is 3. The van der Waals surface area contributed by atoms with Crippen molar-refractivity contribution in [2.45, 2.75) is 31.8 Å². The van der Waals surface area contributed by atoms with Crippen molar-refractivity contribution in [3.63, 3.8) is 0 Å². The average molecular weight is 462 g/mol. The Kier molecular flexibility index (Phi) is 7.27. The highest BCUT2D eigenvalue weighted by Crippen LogP contribution is 2.33. The summed E-state index contributed by atoms with van der Waals surface area (Å²) in [6.45, 7) is 0. The summed E-state index contributed by atoms with van der Waals surface area (Å²) in [5.74, 6) is 1.56. The lowest BCUT2D eigenvalue weighted by Gasteiger charge is -2.17. The summed E-state index contributed by atoms with van der Waals surface area (Å²) in [5, 5.41) is 5.42. The number of carbonyl (C=O) groups is 2. The second-order valence-corrected chi connectivity index (χ2v) is 7.93. The van der Waals surface area contributed by atoms with Crippen molar-refractivity contribution in [2.75, 3.05) is 19.5 Å². The van der Waals surface area contributed by atoms with E-state index >= 15 is 0 Å². The van der Waals surface area contributed by atoms with Gasteiger partial charge in [0, 0.05) is 36.6 Å². The van der Waals surface area contributed by atoms with Gasteiger partial charge in [0.2, 0.25) is 0 Å². The van der Waals surface area contributed by atoms with Gasteiger partial charge in [0.25, 0.3) is 11.8 Å². The first-order valence-electron chi connectivity index (χ1n) is 11.2. The third-order valence-corrected chi connectivity index (χ3v) is 5.54. The molecule has 1 saturated carbocycles. The topological polar surface area (TPSA) is 98.8 Å². The van der Waals surface area contributed by atoms with E-state index < -0.39 is 0 Å². The van der Waals surface area contributed by atoms with Crippen molar-refractivity contribution in [1.82, 2.24) is 10.3 Å². The molecular formula is C26H27N3O5. The van der Waals surface area contributed by atoms with Gasteiger partial charge in [0.05, 0.1) is 13.2 Å². The molecule has 176 valence electrons. The summed E-state index contributed by atoms with van der Waals surface area (Å²) >= 11 is 0. The number of hydrogen-bond donors (Lipinski definition) is 2. The van der Waals surface area contributed by atoms with Crippen LogP contribution >= 0.6 is 0 Å². The molecule has 0 radical (unpaired) electrons. The van der Waals surface area contributed by atoms with Crippen LogP contribution in [0.1, 0.15) is 46.5 Å². The van der Waals surface area contributed by atoms with E-state index in [0.29, 0.717) is 34.2 Å². The fraction of sp³-hybridized carbons (Fsp3) is 0.269. The molecule has 1 aromatic heterocycles. The SMILES string of the molecule is CNC(=O)c1cc(Oc2cccc(NC(=O)c3ccc(OC)c(OC4CCCC4)c3)c2)ccn1. The van der Waals surface area contributed by atoms with Crippen LogP contribution in [-0.4, -0.2) is 37.1 Å². The number of nitrogens with zero attached hydrogens (tertiary/aromatic N) is 1. The van der Waals surface area contributed by atoms with Crippen molar-refractivity contribution in [3.05, 3.63) is 72.1 Å². The molecule has 0 saturated heterocycles. The molecule has 8 heteroatoms. The third kappa shape index (κ3) is 5.64. The zero-order chi connectivity index (χ0) is 23.9. The monoisotopic (exact) mass is 461 g/mol. The lowest BCUT2D eigenvalue weighted by atomic mass is 10.1. The first-order chi connectivity index (χ1) is 16.6. The summed E-state index contributed by atoms with van der Waals surface area (Å²) in [4.78, 5) is 28.7. The number of aromatic nitrogens is 1. The van der Waals surface area contributed by atoms with Gasteiger partial charge < -0.3 is 24.8 Å². The molecule has 0 spiro atoms. The second kappa shape index (κ2) is 10.7. The Morgan fingerprint density at radius 3 is 2.50 bits per heavy atom. The fourth-order valence-electron chi connectivity index (χ4n) is 3.80. The third-order valence-electron chi connectivity index (χ3n) is 5.54. The van der Waals surface area contributed by atoms with Crippen LogP contribution in [0.15, 0.2) is 60.8 Å². The minimum Gasteiger partial charge on any atom is -0.493 e. The maximum Gasteiger partial charge on any atom is 0.269 e. The maximum atomic E-state index is 12.9. The van der Waals surface area contributed by atoms with Crippen LogP contribution in [-0.2, 0) is 0 Å². The predicted octanol–water partition coefficient (Wildman–Crippen LogP) is 4.82. The summed E-state index contributed by atoms with van der Waals surface area (Å²) in [6.07, 6.45) is 5.97. The molecule has 2 amide bonds. The largest absolute Gasteiger partial charge is 0.493 e. The molecular weight excluding hydrogens is 434 g/mol. The molecule has 2 N–H and O–H groups in total. The molecule has 4 rings (SSSR count). The lowest BCUT2D eigenvalue weighted by Crippen LogP contribution is -2.18. The van der Waals surface area contributed by atoms with E-state index in [1.165, 1.54) is 13.2 Å². The highest BCUT2D eigenvalue weighted by atomic mass is 16.5. The van der Waals surface area contributed by atoms with Gasteiger partial charge in [-0.25, -0.2) is 0 Å². The number of nitrogens with one attached hydrogen (secondary N) is 2. The minimum absolute atomic E-state index is 0.151. The van der Waals surface area contributed by atoms with Gasteiger partial charge in [-0.1, -0.05) is 6.07 Å². The van der Waals surface area contributed by atoms with Crippen LogP contribution in [0.5, 0.6) is 23.0 Å². The van der Waals surface area contributed by atoms with E-state index in [1.807, 2.05) is 0 Å². The molecule has 0 unspecified atom stereocenters. The molecule has 8 nitrogen and oxygen atoms in total. The maximum absolute atomic E-state index is 12.9. The molecule has 3 aromatic rings. The summed E-state index contributed by atoms with van der Waals surface area (Å²) in [5.41, 5.74) is 1.28. The van der Waals surface area contributed by atoms with Crippen molar-refractivity contribution in [2.24, 2.45) is 0 Å². The van der Waals surface area contributed by atoms with E-state index in [0.717, 1.165) is 25.7 Å². The molecule has 0 bridgehead atoms. The Balaban J connectivity index is 1.46. The van der Waals surface area contributed by atoms with Crippen molar-refractivity contribution in [1.29, 1.82) is 0 Å². The Morgan fingerprint density at radius 1 is 0.941 bits per heavy atom. The van der Waals surface area contributed by atoms with Gasteiger partial charge >= 0.3 is 0 Å². The van der Waals surface area contributed by atoms with Gasteiger partial charge in [-0.3, -0.25) is 14.6 Å². The zero-order valence-corrected chi connectivity index (χ0v) is 19.2. The summed E-state index contributed by atoms with van der Waals surface area (Å²) in [7, 11) is 3.12. The van der Waals surface area contributed by atoms with Gasteiger partial charge in [0.1, 0.15) is 17.2 Å². The smallest absolute Gasteiger partial charge is 0.269 e. The standard InChI is InChI=1S/C26H27N3O5/c1-27-26(31)22-16-21(12-13-28-22)33-20-9-5-6-18(15-20)29-25(30)17-10-11-23(32-2)24(14-17)34-19-7-3-4-8-19/h5-6,9-16,19H,3-4,7-8H2,1-2H3,(H,27,31)(H,29,30). The first kappa shape index (κ1) is 23.1. The molecule has 2 aromatic carbocycles. The number of hydrogen-bond acceptors (Lipinski definition) is 6. The highest BCUT2D eigenvalue weighted by Gasteiger charge is 2.20. The Hall–Kier alpha value is -4.07. The van der Waals surface area contributed by atoms with Gasteiger partial charge in [-0.05, 0) is 62.1 Å².